The van der Waals surface area contributed by atoms with Gasteiger partial charge in [0.1, 0.15) is 17.6 Å². The summed E-state index contributed by atoms with van der Waals surface area (Å²) in [4.78, 5) is 4.16. The first-order valence-electron chi connectivity index (χ1n) is 8.62. The summed E-state index contributed by atoms with van der Waals surface area (Å²) in [5.41, 5.74) is 8.44. The van der Waals surface area contributed by atoms with E-state index in [9.17, 15) is 5.11 Å². The second-order valence-electron chi connectivity index (χ2n) is 6.62. The van der Waals surface area contributed by atoms with Crippen molar-refractivity contribution >= 4 is 0 Å². The van der Waals surface area contributed by atoms with E-state index in [0.29, 0.717) is 24.0 Å². The van der Waals surface area contributed by atoms with E-state index in [4.69, 9.17) is 10.3 Å². The van der Waals surface area contributed by atoms with E-state index in [1.165, 1.54) is 0 Å². The van der Waals surface area contributed by atoms with Gasteiger partial charge in [0, 0.05) is 41.5 Å². The molecule has 0 saturated heterocycles. The highest BCUT2D eigenvalue weighted by atomic mass is 16.5. The van der Waals surface area contributed by atoms with Crippen molar-refractivity contribution in [1.82, 2.24) is 14.7 Å². The third-order valence-electron chi connectivity index (χ3n) is 4.42. The first-order valence-corrected chi connectivity index (χ1v) is 8.62. The molecule has 0 aliphatic heterocycles. The lowest BCUT2D eigenvalue weighted by molar-refractivity contribution is 0.184. The highest BCUT2D eigenvalue weighted by Gasteiger charge is 2.31. The monoisotopic (exact) mass is 348 g/mol. The summed E-state index contributed by atoms with van der Waals surface area (Å²) < 4.78 is 7.32. The van der Waals surface area contributed by atoms with Gasteiger partial charge < -0.3 is 19.9 Å². The maximum atomic E-state index is 9.73. The van der Waals surface area contributed by atoms with Gasteiger partial charge in [0.25, 0.3) is 0 Å². The van der Waals surface area contributed by atoms with Crippen LogP contribution in [0.5, 0.6) is 0 Å². The molecule has 1 fully saturated rings. The number of aromatic nitrogens is 3. The van der Waals surface area contributed by atoms with Crippen molar-refractivity contribution in [2.45, 2.75) is 32.0 Å². The predicted octanol–water partition coefficient (Wildman–Crippen LogP) is 2.34. The molecule has 0 bridgehead atoms. The van der Waals surface area contributed by atoms with E-state index in [-0.39, 0.29) is 6.04 Å². The number of hydrogen-bond donors (Lipinski definition) is 2. The molecule has 3 aromatic rings. The molecule has 0 spiro atoms. The molecule has 1 aromatic carbocycles. The van der Waals surface area contributed by atoms with Crippen molar-refractivity contribution in [2.75, 3.05) is 0 Å². The van der Waals surface area contributed by atoms with Crippen LogP contribution in [0.2, 0.25) is 0 Å². The summed E-state index contributed by atoms with van der Waals surface area (Å²) in [6, 6.07) is 10.0. The fraction of sp³-hybridized carbons (Fsp3) is 0.300. The zero-order valence-electron chi connectivity index (χ0n) is 14.5. The zero-order chi connectivity index (χ0) is 18.1. The minimum atomic E-state index is -0.629. The average molecular weight is 348 g/mol. The molecular weight excluding hydrogens is 328 g/mol. The number of aliphatic hydroxyl groups is 1. The molecule has 3 N–H and O–H groups in total. The number of nitrogens with zero attached hydrogens (tertiary/aromatic N) is 3. The smallest absolute Gasteiger partial charge is 0.167 e. The van der Waals surface area contributed by atoms with Crippen LogP contribution < -0.4 is 5.73 Å². The maximum absolute atomic E-state index is 9.73. The Hall–Kier alpha value is -2.88. The van der Waals surface area contributed by atoms with Crippen LogP contribution in [0.4, 0.5) is 0 Å². The van der Waals surface area contributed by atoms with Crippen molar-refractivity contribution in [3.63, 3.8) is 0 Å². The van der Waals surface area contributed by atoms with E-state index in [0.717, 1.165) is 23.2 Å². The minimum Gasteiger partial charge on any atom is -0.385 e. The molecule has 132 valence electrons. The third kappa shape index (κ3) is 3.54. The summed E-state index contributed by atoms with van der Waals surface area (Å²) in [6.07, 6.45) is 3.85. The van der Waals surface area contributed by atoms with Crippen LogP contribution in [0, 0.1) is 17.8 Å². The number of aliphatic hydroxyl groups excluding tert-OH is 1. The quantitative estimate of drug-likeness (QED) is 0.706. The first-order chi connectivity index (χ1) is 12.6. The Bertz CT molecular complexity index is 960. The third-order valence-corrected chi connectivity index (χ3v) is 4.42. The van der Waals surface area contributed by atoms with Crippen LogP contribution in [0.1, 0.15) is 36.5 Å². The second kappa shape index (κ2) is 6.79. The van der Waals surface area contributed by atoms with Crippen LogP contribution in [-0.4, -0.2) is 25.9 Å². The standard InChI is InChI=1S/C20H20N4O2/c1-13(25)20-22-8-9-24(20)12-17-11-19(26-23-17)15-5-2-14(3-6-15)4-7-16-10-18(16)21/h2-3,5-6,8-9,11,13,16,18,25H,10,12,21H2,1H3/t13-,16?,18?/m0/s1. The summed E-state index contributed by atoms with van der Waals surface area (Å²) >= 11 is 0. The van der Waals surface area contributed by atoms with Crippen LogP contribution in [0.3, 0.4) is 0 Å². The average Bonchev–Trinajstić information content (AvgIpc) is 3.04. The van der Waals surface area contributed by atoms with Crippen LogP contribution >= 0.6 is 0 Å². The molecule has 1 aliphatic rings. The molecule has 1 saturated carbocycles. The molecule has 3 atom stereocenters. The predicted molar refractivity (Wildman–Crippen MR) is 96.9 cm³/mol. The van der Waals surface area contributed by atoms with Crippen LogP contribution in [0.25, 0.3) is 11.3 Å². The van der Waals surface area contributed by atoms with Gasteiger partial charge >= 0.3 is 0 Å². The van der Waals surface area contributed by atoms with Crippen molar-refractivity contribution in [1.29, 1.82) is 0 Å². The minimum absolute atomic E-state index is 0.249. The Morgan fingerprint density at radius 3 is 2.85 bits per heavy atom. The number of rotatable bonds is 4. The molecule has 26 heavy (non-hydrogen) atoms. The number of imidazole rings is 1. The summed E-state index contributed by atoms with van der Waals surface area (Å²) in [5.74, 6) is 7.99. The van der Waals surface area contributed by atoms with Gasteiger partial charge in [0.15, 0.2) is 5.76 Å². The Kier molecular flexibility index (Phi) is 4.33. The summed E-state index contributed by atoms with van der Waals surface area (Å²) in [7, 11) is 0. The molecule has 2 heterocycles. The van der Waals surface area contributed by atoms with Gasteiger partial charge in [-0.2, -0.15) is 0 Å². The second-order valence-corrected chi connectivity index (χ2v) is 6.62. The molecule has 6 nitrogen and oxygen atoms in total. The number of benzene rings is 1. The van der Waals surface area contributed by atoms with Gasteiger partial charge in [-0.15, -0.1) is 0 Å². The van der Waals surface area contributed by atoms with Crippen molar-refractivity contribution in [3.8, 4) is 23.2 Å². The van der Waals surface area contributed by atoms with Gasteiger partial charge in [0.05, 0.1) is 6.54 Å². The van der Waals surface area contributed by atoms with E-state index >= 15 is 0 Å². The lowest BCUT2D eigenvalue weighted by Crippen LogP contribution is -2.07. The SMILES string of the molecule is C[C@H](O)c1nccn1Cc1cc(-c2ccc(C#CC3CC3N)cc2)on1. The highest BCUT2D eigenvalue weighted by Crippen LogP contribution is 2.27. The Labute approximate surface area is 151 Å². The van der Waals surface area contributed by atoms with Crippen LogP contribution in [-0.2, 0) is 6.54 Å². The Morgan fingerprint density at radius 1 is 1.38 bits per heavy atom. The van der Waals surface area contributed by atoms with Crippen molar-refractivity contribution in [2.24, 2.45) is 11.7 Å². The van der Waals surface area contributed by atoms with Crippen molar-refractivity contribution in [3.05, 3.63) is 59.8 Å². The van der Waals surface area contributed by atoms with Gasteiger partial charge in [-0.25, -0.2) is 4.98 Å². The van der Waals surface area contributed by atoms with E-state index < -0.39 is 6.10 Å². The molecule has 2 aromatic heterocycles. The highest BCUT2D eigenvalue weighted by molar-refractivity contribution is 5.59. The maximum Gasteiger partial charge on any atom is 0.167 e. The molecule has 0 radical (unpaired) electrons. The largest absolute Gasteiger partial charge is 0.385 e. The number of nitrogens with two attached hydrogens (primary N) is 1. The molecule has 4 rings (SSSR count). The van der Waals surface area contributed by atoms with Crippen molar-refractivity contribution < 1.29 is 9.63 Å². The topological polar surface area (TPSA) is 90.1 Å². The molecule has 0 amide bonds. The van der Waals surface area contributed by atoms with Gasteiger partial charge in [-0.1, -0.05) is 17.0 Å². The molecule has 2 unspecified atom stereocenters. The van der Waals surface area contributed by atoms with E-state index in [1.807, 2.05) is 41.1 Å². The zero-order valence-corrected chi connectivity index (χ0v) is 14.5. The van der Waals surface area contributed by atoms with Gasteiger partial charge in [0.2, 0.25) is 0 Å². The van der Waals surface area contributed by atoms with Gasteiger partial charge in [-0.3, -0.25) is 0 Å². The fourth-order valence-corrected chi connectivity index (χ4v) is 2.79. The van der Waals surface area contributed by atoms with E-state index in [1.54, 1.807) is 13.1 Å². The molecule has 6 heteroatoms. The molecule has 1 aliphatic carbocycles. The summed E-state index contributed by atoms with van der Waals surface area (Å²) in [6.45, 7) is 2.18. The lowest BCUT2D eigenvalue weighted by atomic mass is 10.1. The van der Waals surface area contributed by atoms with Crippen LogP contribution in [0.15, 0.2) is 47.2 Å². The Balaban J connectivity index is 1.47. The lowest BCUT2D eigenvalue weighted by Gasteiger charge is -2.07. The van der Waals surface area contributed by atoms with Gasteiger partial charge in [-0.05, 0) is 37.6 Å². The Morgan fingerprint density at radius 2 is 2.15 bits per heavy atom. The molecular formula is C20H20N4O2. The first kappa shape index (κ1) is 16.6. The fourth-order valence-electron chi connectivity index (χ4n) is 2.79. The summed E-state index contributed by atoms with van der Waals surface area (Å²) in [5, 5.41) is 13.9. The normalized spacial score (nSPS) is 19.7. The number of hydrogen-bond acceptors (Lipinski definition) is 5. The van der Waals surface area contributed by atoms with E-state index in [2.05, 4.69) is 22.0 Å².